The first kappa shape index (κ1) is 38.6. The van der Waals surface area contributed by atoms with E-state index in [1.165, 1.54) is 19.2 Å². The maximum Gasteiger partial charge on any atom is 0.435 e. The minimum absolute atomic E-state index is 0.0111. The second-order valence-electron chi connectivity index (χ2n) is 12.5. The Kier molecular flexibility index (Phi) is 12.3. The van der Waals surface area contributed by atoms with Crippen molar-refractivity contribution < 1.29 is 50.5 Å². The summed E-state index contributed by atoms with van der Waals surface area (Å²) in [5, 5.41) is 20.5. The van der Waals surface area contributed by atoms with Crippen LogP contribution in [-0.4, -0.2) is 66.7 Å². The average Bonchev–Trinajstić information content (AvgIpc) is 3.47. The van der Waals surface area contributed by atoms with Crippen LogP contribution in [0.1, 0.15) is 52.3 Å². The highest BCUT2D eigenvalue weighted by atomic mass is 32.2. The Balaban J connectivity index is 1.69. The lowest BCUT2D eigenvalue weighted by molar-refractivity contribution is -0.714. The number of carbonyl (C=O) groups is 2. The minimum Gasteiger partial charge on any atom is -0.569 e. The first-order valence-corrected chi connectivity index (χ1v) is 16.4. The molecule has 0 fully saturated rings. The van der Waals surface area contributed by atoms with Gasteiger partial charge in [-0.3, -0.25) is 4.79 Å². The number of sulfonamides is 1. The molecule has 1 atom stereocenters. The third kappa shape index (κ3) is 10.8. The number of halogens is 3. The molecule has 1 amide bonds. The lowest BCUT2D eigenvalue weighted by Gasteiger charge is -2.25. The van der Waals surface area contributed by atoms with E-state index in [0.29, 0.717) is 12.0 Å². The smallest absolute Gasteiger partial charge is 0.435 e. The lowest BCUT2D eigenvalue weighted by atomic mass is 9.98. The molecule has 1 heterocycles. The molecule has 49 heavy (non-hydrogen) atoms. The van der Waals surface area contributed by atoms with Gasteiger partial charge in [-0.25, -0.2) is 22.6 Å². The summed E-state index contributed by atoms with van der Waals surface area (Å²) in [4.78, 5) is 28.8. The summed E-state index contributed by atoms with van der Waals surface area (Å²) >= 11 is 0. The number of aromatic nitrogens is 2. The van der Waals surface area contributed by atoms with Gasteiger partial charge >= 0.3 is 18.2 Å². The number of hydrogen-bond donors (Lipinski definition) is 1. The molecular formula is C31H39F3N6O8S. The van der Waals surface area contributed by atoms with Crippen molar-refractivity contribution in [1.82, 2.24) is 19.5 Å². The number of rotatable bonds is 13. The molecule has 0 aliphatic heterocycles. The van der Waals surface area contributed by atoms with Gasteiger partial charge in [-0.05, 0) is 70.4 Å². The van der Waals surface area contributed by atoms with Crippen molar-refractivity contribution in [3.63, 3.8) is 0 Å². The summed E-state index contributed by atoms with van der Waals surface area (Å²) in [6, 6.07) is 11.6. The van der Waals surface area contributed by atoms with E-state index in [1.54, 1.807) is 49.8 Å². The van der Waals surface area contributed by atoms with Gasteiger partial charge in [-0.15, -0.1) is 5.01 Å². The van der Waals surface area contributed by atoms with E-state index in [0.717, 1.165) is 33.5 Å². The molecule has 0 aliphatic rings. The van der Waals surface area contributed by atoms with Crippen LogP contribution in [0.15, 0.2) is 64.8 Å². The highest BCUT2D eigenvalue weighted by molar-refractivity contribution is 7.90. The predicted molar refractivity (Wildman–Crippen MR) is 169 cm³/mol. The Bertz CT molecular complexity index is 1740. The predicted octanol–water partition coefficient (Wildman–Crippen LogP) is 5.98. The molecule has 1 N–H and O–H groups in total. The summed E-state index contributed by atoms with van der Waals surface area (Å²) in [7, 11) is -3.14. The van der Waals surface area contributed by atoms with Crippen LogP contribution in [0.25, 0.3) is 16.9 Å². The molecule has 0 unspecified atom stereocenters. The number of hydrogen-bond acceptors (Lipinski definition) is 10. The Morgan fingerprint density at radius 2 is 1.67 bits per heavy atom. The number of esters is 1. The molecule has 0 bridgehead atoms. The summed E-state index contributed by atoms with van der Waals surface area (Å²) in [6.07, 6.45) is -5.74. The van der Waals surface area contributed by atoms with E-state index >= 15 is 0 Å². The van der Waals surface area contributed by atoms with E-state index in [2.05, 4.69) is 10.4 Å². The van der Waals surface area contributed by atoms with Crippen LogP contribution in [0.2, 0.25) is 0 Å². The molecular weight excluding hydrogens is 673 g/mol. The van der Waals surface area contributed by atoms with Gasteiger partial charge in [0.1, 0.15) is 12.6 Å². The Morgan fingerprint density at radius 1 is 1.06 bits per heavy atom. The SMILES string of the molecule is Cc1ccc(-c2cc(C(F)(F)F)nn2-c2ccc(S(=O)(=O)NC(=O)OC[C@H](CC(C)C)N(C)/[N+]([O-])=N/OCOC(=O)C(C)(C)C)cc2)cc1. The number of carbonyl (C=O) groups excluding carboxylic acids is 2. The van der Waals surface area contributed by atoms with Gasteiger partial charge in [-0.2, -0.15) is 18.3 Å². The topological polar surface area (TPSA) is 167 Å². The number of alkyl halides is 3. The second kappa shape index (κ2) is 15.6. The zero-order chi connectivity index (χ0) is 36.7. The average molecular weight is 713 g/mol. The van der Waals surface area contributed by atoms with E-state index in [-0.39, 0.29) is 27.2 Å². The summed E-state index contributed by atoms with van der Waals surface area (Å²) < 4.78 is 79.3. The van der Waals surface area contributed by atoms with Gasteiger partial charge in [0.2, 0.25) is 5.28 Å². The van der Waals surface area contributed by atoms with Crippen molar-refractivity contribution in [2.45, 2.75) is 65.1 Å². The molecule has 3 aromatic rings. The van der Waals surface area contributed by atoms with E-state index < -0.39 is 58.8 Å². The third-order valence-corrected chi connectivity index (χ3v) is 8.22. The molecule has 0 saturated carbocycles. The Labute approximate surface area is 282 Å². The number of amides is 1. The van der Waals surface area contributed by atoms with E-state index in [4.69, 9.17) is 14.3 Å². The highest BCUT2D eigenvalue weighted by Crippen LogP contribution is 2.33. The van der Waals surface area contributed by atoms with Crippen molar-refractivity contribution in [2.24, 2.45) is 16.6 Å². The molecule has 3 rings (SSSR count). The standard InChI is InChI=1S/C31H39F3N6O8S/c1-20(2)16-24(38(7)40(43)37-48-19-47-28(41)30(4,5)6)18-46-29(42)36-49(44,45)25-14-12-23(13-15-25)39-26(17-27(35-39)31(32,33)34)22-10-8-21(3)9-11-22/h8-15,17,20,24H,16,18-19H2,1-7H3,(H,36,42)/b40-37-/t24-/m0/s1. The number of aryl methyl sites for hydroxylation is 1. The van der Waals surface area contributed by atoms with Gasteiger partial charge in [0, 0.05) is 5.56 Å². The molecule has 1 aromatic heterocycles. The van der Waals surface area contributed by atoms with Gasteiger partial charge in [0.05, 0.1) is 33.7 Å². The molecule has 0 radical (unpaired) electrons. The number of benzene rings is 2. The van der Waals surface area contributed by atoms with Crippen LogP contribution in [0.3, 0.4) is 0 Å². The fraction of sp³-hybridized carbons (Fsp3) is 0.452. The van der Waals surface area contributed by atoms with Crippen molar-refractivity contribution >= 4 is 22.1 Å². The number of ether oxygens (including phenoxy) is 2. The molecule has 14 nitrogen and oxygen atoms in total. The van der Waals surface area contributed by atoms with Crippen LogP contribution in [0, 0.1) is 23.5 Å². The van der Waals surface area contributed by atoms with Crippen molar-refractivity contribution in [3.8, 4) is 16.9 Å². The largest absolute Gasteiger partial charge is 0.569 e. The molecule has 0 aliphatic carbocycles. The van der Waals surface area contributed by atoms with Gasteiger partial charge in [0.15, 0.2) is 5.69 Å². The molecule has 18 heteroatoms. The van der Waals surface area contributed by atoms with E-state index in [9.17, 15) is 36.4 Å². The maximum atomic E-state index is 13.5. The van der Waals surface area contributed by atoms with Crippen molar-refractivity contribution in [2.75, 3.05) is 20.4 Å². The number of hydrazine groups is 1. The fourth-order valence-electron chi connectivity index (χ4n) is 4.22. The Hall–Kier alpha value is -4.87. The zero-order valence-electron chi connectivity index (χ0n) is 28.0. The summed E-state index contributed by atoms with van der Waals surface area (Å²) in [5.74, 6) is -0.557. The molecule has 0 saturated heterocycles. The monoisotopic (exact) mass is 712 g/mol. The number of nitrogens with zero attached hydrogens (tertiary/aromatic N) is 5. The molecule has 268 valence electrons. The second-order valence-corrected chi connectivity index (χ2v) is 14.2. The van der Waals surface area contributed by atoms with E-state index in [1.807, 2.05) is 20.8 Å². The summed E-state index contributed by atoms with van der Waals surface area (Å²) in [5.41, 5.74) is -0.293. The quantitative estimate of drug-likeness (QED) is 0.0556. The normalized spacial score (nSPS) is 13.2. The first-order chi connectivity index (χ1) is 22.7. The Morgan fingerprint density at radius 3 is 2.22 bits per heavy atom. The van der Waals surface area contributed by atoms with Gasteiger partial charge in [-0.1, -0.05) is 43.7 Å². The van der Waals surface area contributed by atoms with Crippen LogP contribution in [-0.2, 0) is 35.3 Å². The van der Waals surface area contributed by atoms with Crippen molar-refractivity contribution in [3.05, 3.63) is 71.1 Å². The lowest BCUT2D eigenvalue weighted by Crippen LogP contribution is -2.43. The first-order valence-electron chi connectivity index (χ1n) is 14.9. The fourth-order valence-corrected chi connectivity index (χ4v) is 5.11. The number of nitrogens with one attached hydrogen (secondary N) is 1. The minimum atomic E-state index is -4.72. The van der Waals surface area contributed by atoms with Crippen LogP contribution >= 0.6 is 0 Å². The van der Waals surface area contributed by atoms with Crippen LogP contribution < -0.4 is 4.72 Å². The van der Waals surface area contributed by atoms with Gasteiger partial charge < -0.3 is 19.5 Å². The number of likely N-dealkylation sites (N-methyl/N-ethyl adjacent to an activating group) is 1. The highest BCUT2D eigenvalue weighted by Gasteiger charge is 2.35. The van der Waals surface area contributed by atoms with Crippen molar-refractivity contribution in [1.29, 1.82) is 0 Å². The third-order valence-electron chi connectivity index (χ3n) is 6.89. The molecule has 0 spiro atoms. The van der Waals surface area contributed by atoms with Gasteiger partial charge in [0.25, 0.3) is 16.8 Å². The van der Waals surface area contributed by atoms with Crippen LogP contribution in [0.5, 0.6) is 0 Å². The summed E-state index contributed by atoms with van der Waals surface area (Å²) in [6.45, 7) is 9.40. The van der Waals surface area contributed by atoms with Crippen LogP contribution in [0.4, 0.5) is 18.0 Å². The maximum absolute atomic E-state index is 13.5. The zero-order valence-corrected chi connectivity index (χ0v) is 28.8. The molecule has 2 aromatic carbocycles.